The number of likely N-dealkylation sites (tertiary alicyclic amines) is 1. The van der Waals surface area contributed by atoms with Crippen LogP contribution >= 0.6 is 0 Å². The predicted molar refractivity (Wildman–Crippen MR) is 77.2 cm³/mol. The van der Waals surface area contributed by atoms with Gasteiger partial charge in [-0.1, -0.05) is 20.8 Å². The fourth-order valence-electron chi connectivity index (χ4n) is 3.84. The monoisotopic (exact) mass is 267 g/mol. The summed E-state index contributed by atoms with van der Waals surface area (Å²) in [5, 5.41) is 9.56. The van der Waals surface area contributed by atoms with Gasteiger partial charge in [0.05, 0.1) is 5.41 Å². The van der Waals surface area contributed by atoms with Crippen molar-refractivity contribution in [3.63, 3.8) is 0 Å². The smallest absolute Gasteiger partial charge is 0.310 e. The zero-order valence-corrected chi connectivity index (χ0v) is 12.7. The number of hydrogen-bond acceptors (Lipinski definition) is 2. The summed E-state index contributed by atoms with van der Waals surface area (Å²) in [6.07, 6.45) is 7.70. The molecule has 1 aliphatic heterocycles. The summed E-state index contributed by atoms with van der Waals surface area (Å²) in [6.45, 7) is 8.60. The van der Waals surface area contributed by atoms with Crippen molar-refractivity contribution < 1.29 is 9.90 Å². The minimum atomic E-state index is -0.587. The van der Waals surface area contributed by atoms with E-state index in [1.165, 1.54) is 25.7 Å². The summed E-state index contributed by atoms with van der Waals surface area (Å²) >= 11 is 0. The van der Waals surface area contributed by atoms with Crippen molar-refractivity contribution in [1.82, 2.24) is 4.90 Å². The van der Waals surface area contributed by atoms with Gasteiger partial charge >= 0.3 is 5.97 Å². The average molecular weight is 267 g/mol. The van der Waals surface area contributed by atoms with Gasteiger partial charge in [-0.3, -0.25) is 9.69 Å². The fourth-order valence-corrected chi connectivity index (χ4v) is 3.84. The molecule has 110 valence electrons. The average Bonchev–Trinajstić information content (AvgIpc) is 2.38. The Kier molecular flexibility index (Phi) is 4.24. The van der Waals surface area contributed by atoms with E-state index in [4.69, 9.17) is 0 Å². The third kappa shape index (κ3) is 3.13. The van der Waals surface area contributed by atoms with Crippen molar-refractivity contribution >= 4 is 5.97 Å². The maximum absolute atomic E-state index is 11.6. The van der Waals surface area contributed by atoms with Crippen LogP contribution in [0.1, 0.15) is 65.7 Å². The van der Waals surface area contributed by atoms with Crippen molar-refractivity contribution in [3.05, 3.63) is 0 Å². The van der Waals surface area contributed by atoms with Crippen LogP contribution in [0.4, 0.5) is 0 Å². The number of aliphatic carboxylic acids is 1. The van der Waals surface area contributed by atoms with Gasteiger partial charge in [0.2, 0.25) is 0 Å². The molecule has 0 radical (unpaired) electrons. The maximum Gasteiger partial charge on any atom is 0.310 e. The van der Waals surface area contributed by atoms with Gasteiger partial charge in [0.15, 0.2) is 0 Å². The number of rotatable bonds is 3. The number of carbonyl (C=O) groups is 1. The van der Waals surface area contributed by atoms with E-state index in [9.17, 15) is 9.90 Å². The quantitative estimate of drug-likeness (QED) is 0.850. The van der Waals surface area contributed by atoms with Crippen LogP contribution in [0, 0.1) is 10.8 Å². The molecule has 1 atom stereocenters. The number of piperidine rings is 1. The Labute approximate surface area is 117 Å². The predicted octanol–water partition coefficient (Wildman–Crippen LogP) is 3.53. The van der Waals surface area contributed by atoms with Crippen LogP contribution in [0.15, 0.2) is 0 Å². The van der Waals surface area contributed by atoms with Gasteiger partial charge in [-0.15, -0.1) is 0 Å². The summed E-state index contributed by atoms with van der Waals surface area (Å²) in [4.78, 5) is 14.1. The second kappa shape index (κ2) is 5.43. The van der Waals surface area contributed by atoms with Crippen LogP contribution in [0.3, 0.4) is 0 Å². The molecule has 1 aliphatic carbocycles. The van der Waals surface area contributed by atoms with Crippen molar-refractivity contribution in [1.29, 1.82) is 0 Å². The summed E-state index contributed by atoms with van der Waals surface area (Å²) in [6, 6.07) is 0.624. The molecule has 0 aromatic carbocycles. The van der Waals surface area contributed by atoms with Crippen molar-refractivity contribution in [2.24, 2.45) is 10.8 Å². The molecule has 19 heavy (non-hydrogen) atoms. The SMILES string of the molecule is CCC1(C(=O)O)CCCN(C2CCC(C)(C)CC2)C1. The Bertz CT molecular complexity index is 330. The van der Waals surface area contributed by atoms with Crippen LogP contribution in [0.25, 0.3) is 0 Å². The molecule has 0 spiro atoms. The first kappa shape index (κ1) is 14.8. The highest BCUT2D eigenvalue weighted by Gasteiger charge is 2.43. The molecule has 2 aliphatic rings. The molecule has 3 heteroatoms. The van der Waals surface area contributed by atoms with Gasteiger partial charge in [0, 0.05) is 12.6 Å². The lowest BCUT2D eigenvalue weighted by Crippen LogP contribution is -2.52. The van der Waals surface area contributed by atoms with Crippen LogP contribution in [0.2, 0.25) is 0 Å². The maximum atomic E-state index is 11.6. The summed E-state index contributed by atoms with van der Waals surface area (Å²) in [7, 11) is 0. The molecule has 1 unspecified atom stereocenters. The normalized spacial score (nSPS) is 33.2. The molecule has 2 rings (SSSR count). The highest BCUT2D eigenvalue weighted by molar-refractivity contribution is 5.75. The van der Waals surface area contributed by atoms with Crippen LogP contribution in [0.5, 0.6) is 0 Å². The largest absolute Gasteiger partial charge is 0.481 e. The molecule has 0 aromatic heterocycles. The highest BCUT2D eigenvalue weighted by atomic mass is 16.4. The zero-order chi connectivity index (χ0) is 14.1. The topological polar surface area (TPSA) is 40.5 Å². The third-order valence-electron chi connectivity index (χ3n) is 5.56. The first-order chi connectivity index (χ1) is 8.88. The van der Waals surface area contributed by atoms with Gasteiger partial charge in [-0.05, 0) is 56.9 Å². The molecule has 0 aromatic rings. The molecule has 1 saturated heterocycles. The van der Waals surface area contributed by atoms with Crippen LogP contribution in [-0.2, 0) is 4.79 Å². The lowest BCUT2D eigenvalue weighted by Gasteiger charge is -2.46. The summed E-state index contributed by atoms with van der Waals surface area (Å²) in [5.74, 6) is -0.587. The molecule has 0 amide bonds. The van der Waals surface area contributed by atoms with E-state index in [0.29, 0.717) is 11.5 Å². The van der Waals surface area contributed by atoms with Crippen LogP contribution in [-0.4, -0.2) is 35.1 Å². The number of nitrogens with zero attached hydrogens (tertiary/aromatic N) is 1. The van der Waals surface area contributed by atoms with E-state index in [1.807, 2.05) is 6.92 Å². The first-order valence-corrected chi connectivity index (χ1v) is 7.86. The van der Waals surface area contributed by atoms with Gasteiger partial charge in [-0.2, -0.15) is 0 Å². The van der Waals surface area contributed by atoms with Crippen molar-refractivity contribution in [3.8, 4) is 0 Å². The number of hydrogen-bond donors (Lipinski definition) is 1. The Hall–Kier alpha value is -0.570. The summed E-state index contributed by atoms with van der Waals surface area (Å²) < 4.78 is 0. The zero-order valence-electron chi connectivity index (χ0n) is 12.7. The Morgan fingerprint density at radius 3 is 2.42 bits per heavy atom. The van der Waals surface area contributed by atoms with Crippen LogP contribution < -0.4 is 0 Å². The molecule has 1 heterocycles. The molecule has 1 saturated carbocycles. The highest BCUT2D eigenvalue weighted by Crippen LogP contribution is 2.40. The van der Waals surface area contributed by atoms with Gasteiger partial charge in [0.1, 0.15) is 0 Å². The van der Waals surface area contributed by atoms with E-state index in [2.05, 4.69) is 18.7 Å². The van der Waals surface area contributed by atoms with Gasteiger partial charge in [0.25, 0.3) is 0 Å². The minimum Gasteiger partial charge on any atom is -0.481 e. The fraction of sp³-hybridized carbons (Fsp3) is 0.938. The molecule has 1 N–H and O–H groups in total. The molecule has 2 fully saturated rings. The third-order valence-corrected chi connectivity index (χ3v) is 5.56. The van der Waals surface area contributed by atoms with Crippen molar-refractivity contribution in [2.75, 3.05) is 13.1 Å². The lowest BCUT2D eigenvalue weighted by atomic mass is 9.73. The van der Waals surface area contributed by atoms with E-state index < -0.39 is 11.4 Å². The molecular formula is C16H29NO2. The Morgan fingerprint density at radius 1 is 1.26 bits per heavy atom. The van der Waals surface area contributed by atoms with E-state index in [0.717, 1.165) is 32.4 Å². The molecule has 0 bridgehead atoms. The molecule has 3 nitrogen and oxygen atoms in total. The minimum absolute atomic E-state index is 0.481. The number of carboxylic acid groups (broad SMARTS) is 1. The second-order valence-corrected chi connectivity index (χ2v) is 7.41. The van der Waals surface area contributed by atoms with Gasteiger partial charge in [-0.25, -0.2) is 0 Å². The van der Waals surface area contributed by atoms with E-state index in [1.54, 1.807) is 0 Å². The Balaban J connectivity index is 2.00. The molecular weight excluding hydrogens is 238 g/mol. The standard InChI is InChI=1S/C16H29NO2/c1-4-16(14(18)19)8-5-11-17(12-16)13-6-9-15(2,3)10-7-13/h13H,4-12H2,1-3H3,(H,18,19). The van der Waals surface area contributed by atoms with Gasteiger partial charge < -0.3 is 5.11 Å². The second-order valence-electron chi connectivity index (χ2n) is 7.41. The van der Waals surface area contributed by atoms with E-state index in [-0.39, 0.29) is 0 Å². The van der Waals surface area contributed by atoms with Crippen molar-refractivity contribution in [2.45, 2.75) is 71.8 Å². The Morgan fingerprint density at radius 2 is 1.89 bits per heavy atom. The number of carboxylic acids is 1. The first-order valence-electron chi connectivity index (χ1n) is 7.86. The van der Waals surface area contributed by atoms with E-state index >= 15 is 0 Å². The lowest BCUT2D eigenvalue weighted by molar-refractivity contribution is -0.154. The summed E-state index contributed by atoms with van der Waals surface area (Å²) in [5.41, 5.74) is 0.00610.